The highest BCUT2D eigenvalue weighted by molar-refractivity contribution is 4.75. The van der Waals surface area contributed by atoms with Crippen LogP contribution in [0, 0.1) is 5.92 Å². The average molecular weight is 132 g/mol. The summed E-state index contributed by atoms with van der Waals surface area (Å²) in [6.45, 7) is 2.11. The van der Waals surface area contributed by atoms with Crippen LogP contribution in [-0.2, 0) is 0 Å². The molecule has 4 N–H and O–H groups in total. The van der Waals surface area contributed by atoms with Crippen LogP contribution in [0.25, 0.3) is 0 Å². The molecule has 0 aromatic heterocycles. The van der Waals surface area contributed by atoms with E-state index in [2.05, 4.69) is 6.92 Å². The van der Waals surface area contributed by atoms with Gasteiger partial charge in [0.1, 0.15) is 0 Å². The summed E-state index contributed by atoms with van der Waals surface area (Å²) in [5.41, 5.74) is 0. The summed E-state index contributed by atoms with van der Waals surface area (Å²) in [5.74, 6) is 0.534. The molecule has 0 bridgehead atoms. The lowest BCUT2D eigenvalue weighted by Gasteiger charge is -2.21. The van der Waals surface area contributed by atoms with Crippen molar-refractivity contribution in [2.24, 2.45) is 5.92 Å². The lowest BCUT2D eigenvalue weighted by atomic mass is 9.86. The van der Waals surface area contributed by atoms with E-state index in [-0.39, 0.29) is 12.2 Å². The molecule has 1 aliphatic carbocycles. The van der Waals surface area contributed by atoms with Gasteiger partial charge in [0.2, 0.25) is 0 Å². The van der Waals surface area contributed by atoms with Gasteiger partial charge in [0.15, 0.2) is 12.2 Å². The van der Waals surface area contributed by atoms with Gasteiger partial charge in [-0.15, -0.1) is 0 Å². The first-order valence-corrected chi connectivity index (χ1v) is 3.62. The summed E-state index contributed by atoms with van der Waals surface area (Å²) in [6.07, 6.45) is 2.99. The highest BCUT2D eigenvalue weighted by atomic mass is 16.3. The molecule has 9 heavy (non-hydrogen) atoms. The van der Waals surface area contributed by atoms with E-state index in [0.29, 0.717) is 5.92 Å². The van der Waals surface area contributed by atoms with Crippen LogP contribution >= 0.6 is 0 Å². The smallest absolute Gasteiger partial charge is 0.164 e. The fourth-order valence-corrected chi connectivity index (χ4v) is 1.32. The SMILES string of the molecule is CC1CCC([OH2+])CC1[OH2+]. The topological polar surface area (TPSA) is 45.8 Å². The molecule has 0 aromatic rings. The van der Waals surface area contributed by atoms with Gasteiger partial charge in [0.25, 0.3) is 0 Å². The van der Waals surface area contributed by atoms with Crippen LogP contribution in [0.2, 0.25) is 0 Å². The molecule has 3 unspecified atom stereocenters. The van der Waals surface area contributed by atoms with Crippen LogP contribution in [0.15, 0.2) is 0 Å². The maximum Gasteiger partial charge on any atom is 0.164 e. The van der Waals surface area contributed by atoms with Crippen molar-refractivity contribution < 1.29 is 10.2 Å². The summed E-state index contributed by atoms with van der Waals surface area (Å²) in [4.78, 5) is 0. The van der Waals surface area contributed by atoms with E-state index in [0.717, 1.165) is 19.3 Å². The number of rotatable bonds is 0. The molecule has 2 heteroatoms. The zero-order valence-corrected chi connectivity index (χ0v) is 5.85. The fourth-order valence-electron chi connectivity index (χ4n) is 1.32. The second-order valence-corrected chi connectivity index (χ2v) is 3.09. The van der Waals surface area contributed by atoms with Gasteiger partial charge in [-0.2, -0.15) is 0 Å². The Morgan fingerprint density at radius 2 is 1.89 bits per heavy atom. The Morgan fingerprint density at radius 3 is 2.33 bits per heavy atom. The normalized spacial score (nSPS) is 45.0. The van der Waals surface area contributed by atoms with E-state index in [1.54, 1.807) is 0 Å². The van der Waals surface area contributed by atoms with E-state index in [1.807, 2.05) is 0 Å². The predicted molar refractivity (Wildman–Crippen MR) is 37.8 cm³/mol. The third kappa shape index (κ3) is 1.66. The molecule has 1 fully saturated rings. The molecule has 0 aliphatic heterocycles. The van der Waals surface area contributed by atoms with E-state index in [9.17, 15) is 0 Å². The molecule has 0 aromatic carbocycles. The van der Waals surface area contributed by atoms with Crippen molar-refractivity contribution in [2.75, 3.05) is 0 Å². The summed E-state index contributed by atoms with van der Waals surface area (Å²) in [7, 11) is 0. The third-order valence-electron chi connectivity index (χ3n) is 2.20. The van der Waals surface area contributed by atoms with Crippen LogP contribution in [-0.4, -0.2) is 22.4 Å². The minimum absolute atomic E-state index is 0.0428. The van der Waals surface area contributed by atoms with Gasteiger partial charge in [-0.1, -0.05) is 6.92 Å². The van der Waals surface area contributed by atoms with E-state index >= 15 is 0 Å². The first-order chi connectivity index (χ1) is 4.20. The minimum Gasteiger partial charge on any atom is -0.443 e. The van der Waals surface area contributed by atoms with Crippen molar-refractivity contribution >= 4 is 0 Å². The summed E-state index contributed by atoms with van der Waals surface area (Å²) < 4.78 is 0. The number of hydrogen-bond donors (Lipinski definition) is 0. The first-order valence-electron chi connectivity index (χ1n) is 3.62. The quantitative estimate of drug-likeness (QED) is 0.416. The van der Waals surface area contributed by atoms with Gasteiger partial charge in [0, 0.05) is 12.3 Å². The van der Waals surface area contributed by atoms with Crippen LogP contribution in [0.4, 0.5) is 0 Å². The standard InChI is InChI=1S/C7H14O2/c1-5-2-3-6(8)4-7(5)9/h5-9H,2-4H2,1H3/p+2. The number of hydrogen-bond acceptors (Lipinski definition) is 0. The molecular weight excluding hydrogens is 116 g/mol. The van der Waals surface area contributed by atoms with Gasteiger partial charge in [-0.05, 0) is 6.42 Å². The second kappa shape index (κ2) is 2.67. The molecule has 1 saturated carbocycles. The lowest BCUT2D eigenvalue weighted by Crippen LogP contribution is -2.29. The fraction of sp³-hybridized carbons (Fsp3) is 1.00. The van der Waals surface area contributed by atoms with Crippen molar-refractivity contribution in [3.8, 4) is 0 Å². The summed E-state index contributed by atoms with van der Waals surface area (Å²) in [6, 6.07) is 0. The highest BCUT2D eigenvalue weighted by Crippen LogP contribution is 2.23. The van der Waals surface area contributed by atoms with Crippen LogP contribution < -0.4 is 0 Å². The summed E-state index contributed by atoms with van der Waals surface area (Å²) in [5, 5.41) is 14.9. The Bertz CT molecular complexity index is 92.9. The van der Waals surface area contributed by atoms with Crippen LogP contribution in [0.1, 0.15) is 26.2 Å². The average Bonchev–Trinajstić information content (AvgIpc) is 1.80. The van der Waals surface area contributed by atoms with Gasteiger partial charge in [-0.3, -0.25) is 0 Å². The van der Waals surface area contributed by atoms with Gasteiger partial charge in [-0.25, -0.2) is 0 Å². The van der Waals surface area contributed by atoms with Crippen molar-refractivity contribution in [1.29, 1.82) is 0 Å². The lowest BCUT2D eigenvalue weighted by molar-refractivity contribution is 0.00730. The molecular formula is C7H16O2+2. The minimum atomic E-state index is 0.0428. The van der Waals surface area contributed by atoms with Crippen LogP contribution in [0.3, 0.4) is 0 Å². The summed E-state index contributed by atoms with van der Waals surface area (Å²) >= 11 is 0. The Labute approximate surface area is 55.5 Å². The van der Waals surface area contributed by atoms with E-state index in [4.69, 9.17) is 10.2 Å². The molecule has 1 rings (SSSR count). The van der Waals surface area contributed by atoms with Gasteiger partial charge in [0.05, 0.1) is 6.42 Å². The van der Waals surface area contributed by atoms with Crippen molar-refractivity contribution in [3.05, 3.63) is 0 Å². The van der Waals surface area contributed by atoms with Crippen molar-refractivity contribution in [3.63, 3.8) is 0 Å². The molecule has 0 saturated heterocycles. The monoisotopic (exact) mass is 132 g/mol. The predicted octanol–water partition coefficient (Wildman–Crippen LogP) is -0.00720. The highest BCUT2D eigenvalue weighted by Gasteiger charge is 2.30. The van der Waals surface area contributed by atoms with E-state index in [1.165, 1.54) is 0 Å². The van der Waals surface area contributed by atoms with Crippen molar-refractivity contribution in [1.82, 2.24) is 0 Å². The molecule has 0 radical (unpaired) electrons. The Morgan fingerprint density at radius 1 is 1.22 bits per heavy atom. The zero-order chi connectivity index (χ0) is 6.85. The Kier molecular flexibility index (Phi) is 2.09. The maximum absolute atomic E-state index is 7.49. The first kappa shape index (κ1) is 7.03. The Hall–Kier alpha value is -0.0800. The molecule has 54 valence electrons. The zero-order valence-electron chi connectivity index (χ0n) is 5.85. The Balaban J connectivity index is 2.35. The molecule has 0 heterocycles. The molecule has 1 aliphatic rings. The third-order valence-corrected chi connectivity index (χ3v) is 2.20. The molecule has 0 spiro atoms. The molecule has 0 amide bonds. The van der Waals surface area contributed by atoms with Crippen LogP contribution in [0.5, 0.6) is 0 Å². The largest absolute Gasteiger partial charge is 0.443 e. The maximum atomic E-state index is 7.49. The molecule has 2 nitrogen and oxygen atoms in total. The van der Waals surface area contributed by atoms with E-state index < -0.39 is 0 Å². The van der Waals surface area contributed by atoms with Gasteiger partial charge >= 0.3 is 0 Å². The molecule has 3 atom stereocenters. The van der Waals surface area contributed by atoms with Gasteiger partial charge < -0.3 is 10.2 Å². The second-order valence-electron chi connectivity index (χ2n) is 3.09. The van der Waals surface area contributed by atoms with Crippen molar-refractivity contribution in [2.45, 2.75) is 38.4 Å².